The molecule has 0 unspecified atom stereocenters. The molecule has 5 nitrogen and oxygen atoms in total. The smallest absolute Gasteiger partial charge is 0.261 e. The number of carbonyl (C=O) groups excluding carboxylic acids is 1. The Labute approximate surface area is 171 Å². The number of hydrogen-bond donors (Lipinski definition) is 2. The van der Waals surface area contributed by atoms with Gasteiger partial charge in [0.25, 0.3) is 15.9 Å². The minimum absolute atomic E-state index is 0.168. The van der Waals surface area contributed by atoms with Crippen LogP contribution in [-0.2, 0) is 10.0 Å². The van der Waals surface area contributed by atoms with Gasteiger partial charge in [-0.25, -0.2) is 8.42 Å². The molecule has 29 heavy (non-hydrogen) atoms. The van der Waals surface area contributed by atoms with E-state index in [-0.39, 0.29) is 16.7 Å². The van der Waals surface area contributed by atoms with Crippen LogP contribution in [0.4, 0.5) is 5.69 Å². The molecule has 1 atom stereocenters. The van der Waals surface area contributed by atoms with E-state index in [1.165, 1.54) is 12.1 Å². The second-order valence-corrected chi connectivity index (χ2v) is 8.65. The van der Waals surface area contributed by atoms with E-state index in [9.17, 15) is 13.2 Å². The van der Waals surface area contributed by atoms with Gasteiger partial charge in [0.05, 0.1) is 10.6 Å². The summed E-state index contributed by atoms with van der Waals surface area (Å²) in [7, 11) is -3.72. The first kappa shape index (κ1) is 20.6. The molecule has 0 radical (unpaired) electrons. The average molecular weight is 409 g/mol. The molecule has 0 spiro atoms. The van der Waals surface area contributed by atoms with Crippen molar-refractivity contribution in [2.24, 2.45) is 0 Å². The van der Waals surface area contributed by atoms with Gasteiger partial charge in [0.2, 0.25) is 0 Å². The maximum absolute atomic E-state index is 12.6. The van der Waals surface area contributed by atoms with Crippen LogP contribution in [0.1, 0.15) is 34.3 Å². The molecule has 2 N–H and O–H groups in total. The Morgan fingerprint density at radius 1 is 0.931 bits per heavy atom. The van der Waals surface area contributed by atoms with Crippen molar-refractivity contribution < 1.29 is 13.2 Å². The molecule has 150 valence electrons. The molecule has 0 bridgehead atoms. The fourth-order valence-corrected chi connectivity index (χ4v) is 4.07. The lowest BCUT2D eigenvalue weighted by molar-refractivity contribution is 0.0951. The summed E-state index contributed by atoms with van der Waals surface area (Å²) in [4.78, 5) is 12.8. The van der Waals surface area contributed by atoms with Crippen molar-refractivity contribution in [2.45, 2.75) is 24.7 Å². The fraction of sp³-hybridized carbons (Fsp3) is 0.174. The molecule has 0 saturated heterocycles. The first-order valence-electron chi connectivity index (χ1n) is 9.38. The summed E-state index contributed by atoms with van der Waals surface area (Å²) >= 11 is 0. The van der Waals surface area contributed by atoms with E-state index in [1.807, 2.05) is 37.3 Å². The molecule has 0 aromatic heterocycles. The first-order valence-corrected chi connectivity index (χ1v) is 10.9. The van der Waals surface area contributed by atoms with E-state index in [0.717, 1.165) is 11.1 Å². The largest absolute Gasteiger partial charge is 0.351 e. The van der Waals surface area contributed by atoms with E-state index in [1.54, 1.807) is 43.3 Å². The Bertz CT molecular complexity index is 1080. The third-order valence-corrected chi connectivity index (χ3v) is 6.12. The number of aryl methyl sites for hydroxylation is 1. The van der Waals surface area contributed by atoms with E-state index in [0.29, 0.717) is 17.8 Å². The number of benzene rings is 3. The van der Waals surface area contributed by atoms with Gasteiger partial charge in [0.1, 0.15) is 0 Å². The van der Waals surface area contributed by atoms with Gasteiger partial charge < -0.3 is 5.32 Å². The molecule has 0 aliphatic carbocycles. The van der Waals surface area contributed by atoms with E-state index < -0.39 is 10.0 Å². The summed E-state index contributed by atoms with van der Waals surface area (Å²) < 4.78 is 27.8. The topological polar surface area (TPSA) is 75.3 Å². The number of rotatable bonds is 7. The monoisotopic (exact) mass is 408 g/mol. The predicted octanol–water partition coefficient (Wildman–Crippen LogP) is 4.33. The van der Waals surface area contributed by atoms with Gasteiger partial charge in [-0.1, -0.05) is 61.5 Å². The highest BCUT2D eigenvalue weighted by Gasteiger charge is 2.16. The van der Waals surface area contributed by atoms with Crippen molar-refractivity contribution in [3.05, 3.63) is 95.6 Å². The number of amides is 1. The highest BCUT2D eigenvalue weighted by molar-refractivity contribution is 7.92. The van der Waals surface area contributed by atoms with Gasteiger partial charge in [0, 0.05) is 12.1 Å². The summed E-state index contributed by atoms with van der Waals surface area (Å²) in [5.41, 5.74) is 2.67. The van der Waals surface area contributed by atoms with E-state index >= 15 is 0 Å². The van der Waals surface area contributed by atoms with Crippen LogP contribution in [0.2, 0.25) is 0 Å². The minimum Gasteiger partial charge on any atom is -0.351 e. The normalized spacial score (nSPS) is 12.2. The van der Waals surface area contributed by atoms with Crippen molar-refractivity contribution in [3.63, 3.8) is 0 Å². The first-order chi connectivity index (χ1) is 13.9. The fourth-order valence-electron chi connectivity index (χ4n) is 2.92. The number of hydrogen-bond acceptors (Lipinski definition) is 3. The molecule has 1 amide bonds. The summed E-state index contributed by atoms with van der Waals surface area (Å²) in [6, 6.07) is 23.1. The number of sulfonamides is 1. The van der Waals surface area contributed by atoms with Crippen LogP contribution in [0.3, 0.4) is 0 Å². The lowest BCUT2D eigenvalue weighted by Crippen LogP contribution is -2.27. The molecule has 6 heteroatoms. The molecule has 3 rings (SSSR count). The molecular weight excluding hydrogens is 384 g/mol. The zero-order valence-corrected chi connectivity index (χ0v) is 17.2. The van der Waals surface area contributed by atoms with Gasteiger partial charge in [0.15, 0.2) is 0 Å². The summed E-state index contributed by atoms with van der Waals surface area (Å²) in [5.74, 6) is -0.0745. The average Bonchev–Trinajstić information content (AvgIpc) is 2.74. The van der Waals surface area contributed by atoms with Gasteiger partial charge in [-0.2, -0.15) is 0 Å². The molecule has 0 aliphatic rings. The molecule has 0 fully saturated rings. The van der Waals surface area contributed by atoms with Crippen LogP contribution < -0.4 is 10.0 Å². The maximum Gasteiger partial charge on any atom is 0.261 e. The Morgan fingerprint density at radius 2 is 1.55 bits per heavy atom. The second-order valence-electron chi connectivity index (χ2n) is 6.97. The Balaban J connectivity index is 1.72. The molecular formula is C23H24N2O3S. The Kier molecular flexibility index (Phi) is 6.34. The van der Waals surface area contributed by atoms with Crippen molar-refractivity contribution in [2.75, 3.05) is 11.3 Å². The van der Waals surface area contributed by atoms with Gasteiger partial charge in [-0.05, 0) is 48.2 Å². The van der Waals surface area contributed by atoms with Crippen molar-refractivity contribution in [1.82, 2.24) is 5.32 Å². The SMILES string of the molecule is Cc1ccc(C(=O)NC[C@H](C)c2ccccc2)cc1NS(=O)(=O)c1ccccc1. The standard InChI is InChI=1S/C23H24N2O3S/c1-17-13-14-20(23(26)24-16-18(2)19-9-5-3-6-10-19)15-22(17)25-29(27,28)21-11-7-4-8-12-21/h3-15,18,25H,16H2,1-2H3,(H,24,26)/t18-/m0/s1. The van der Waals surface area contributed by atoms with Crippen LogP contribution in [0.25, 0.3) is 0 Å². The summed E-state index contributed by atoms with van der Waals surface area (Å²) in [6.45, 7) is 4.33. The summed E-state index contributed by atoms with van der Waals surface area (Å²) in [6.07, 6.45) is 0. The molecule has 0 heterocycles. The lowest BCUT2D eigenvalue weighted by Gasteiger charge is -2.15. The number of anilines is 1. The zero-order chi connectivity index (χ0) is 20.9. The third kappa shape index (κ3) is 5.23. The number of nitrogens with one attached hydrogen (secondary N) is 2. The lowest BCUT2D eigenvalue weighted by atomic mass is 10.0. The van der Waals surface area contributed by atoms with Crippen LogP contribution in [0, 0.1) is 6.92 Å². The van der Waals surface area contributed by atoms with Crippen LogP contribution in [-0.4, -0.2) is 20.9 Å². The molecule has 3 aromatic carbocycles. The number of carbonyl (C=O) groups is 1. The van der Waals surface area contributed by atoms with Gasteiger partial charge in [-0.15, -0.1) is 0 Å². The second kappa shape index (κ2) is 8.92. The maximum atomic E-state index is 12.6. The quantitative estimate of drug-likeness (QED) is 0.611. The Hall–Kier alpha value is -3.12. The van der Waals surface area contributed by atoms with Gasteiger partial charge in [-0.3, -0.25) is 9.52 Å². The van der Waals surface area contributed by atoms with Crippen molar-refractivity contribution in [1.29, 1.82) is 0 Å². The van der Waals surface area contributed by atoms with Crippen LogP contribution >= 0.6 is 0 Å². The minimum atomic E-state index is -3.72. The molecule has 0 aliphatic heterocycles. The van der Waals surface area contributed by atoms with Crippen molar-refractivity contribution in [3.8, 4) is 0 Å². The van der Waals surface area contributed by atoms with Crippen molar-refractivity contribution >= 4 is 21.6 Å². The zero-order valence-electron chi connectivity index (χ0n) is 16.4. The highest BCUT2D eigenvalue weighted by Crippen LogP contribution is 2.21. The van der Waals surface area contributed by atoms with E-state index in [4.69, 9.17) is 0 Å². The Morgan fingerprint density at radius 3 is 2.21 bits per heavy atom. The molecule has 3 aromatic rings. The molecule has 0 saturated carbocycles. The predicted molar refractivity (Wildman–Crippen MR) is 116 cm³/mol. The van der Waals surface area contributed by atoms with Crippen LogP contribution in [0.15, 0.2) is 83.8 Å². The highest BCUT2D eigenvalue weighted by atomic mass is 32.2. The van der Waals surface area contributed by atoms with Crippen LogP contribution in [0.5, 0.6) is 0 Å². The van der Waals surface area contributed by atoms with Gasteiger partial charge >= 0.3 is 0 Å². The summed E-state index contributed by atoms with van der Waals surface area (Å²) in [5, 5.41) is 2.92. The third-order valence-electron chi connectivity index (χ3n) is 4.74. The van der Waals surface area contributed by atoms with E-state index in [2.05, 4.69) is 10.0 Å².